The van der Waals surface area contributed by atoms with Gasteiger partial charge in [-0.3, -0.25) is 19.0 Å². The van der Waals surface area contributed by atoms with Crippen molar-refractivity contribution in [3.05, 3.63) is 70.8 Å². The number of aromatic nitrogens is 2. The van der Waals surface area contributed by atoms with Crippen LogP contribution in [0.15, 0.2) is 59.7 Å². The van der Waals surface area contributed by atoms with Crippen molar-refractivity contribution in [2.45, 2.75) is 19.4 Å². The zero-order chi connectivity index (χ0) is 18.7. The van der Waals surface area contributed by atoms with Gasteiger partial charge in [-0.25, -0.2) is 4.98 Å². The van der Waals surface area contributed by atoms with E-state index in [1.54, 1.807) is 49.4 Å². The summed E-state index contributed by atoms with van der Waals surface area (Å²) in [6.07, 6.45) is 1.75. The van der Waals surface area contributed by atoms with Gasteiger partial charge < -0.3 is 11.1 Å². The lowest BCUT2D eigenvalue weighted by Crippen LogP contribution is -2.33. The van der Waals surface area contributed by atoms with Crippen LogP contribution < -0.4 is 16.6 Å². The Morgan fingerprint density at radius 3 is 2.58 bits per heavy atom. The van der Waals surface area contributed by atoms with Crippen molar-refractivity contribution in [1.29, 1.82) is 0 Å². The van der Waals surface area contributed by atoms with E-state index >= 15 is 0 Å². The first-order chi connectivity index (χ1) is 12.5. The number of rotatable bonds is 5. The minimum atomic E-state index is -0.763. The van der Waals surface area contributed by atoms with Gasteiger partial charge >= 0.3 is 0 Å². The number of carbonyl (C=O) groups is 2. The summed E-state index contributed by atoms with van der Waals surface area (Å²) in [6.45, 7) is 1.80. The van der Waals surface area contributed by atoms with E-state index in [-0.39, 0.29) is 11.1 Å². The van der Waals surface area contributed by atoms with Crippen LogP contribution in [0.5, 0.6) is 0 Å². The van der Waals surface area contributed by atoms with E-state index in [9.17, 15) is 14.4 Å². The maximum atomic E-state index is 12.8. The van der Waals surface area contributed by atoms with Crippen LogP contribution in [-0.2, 0) is 4.79 Å². The smallest absolute Gasteiger partial charge is 0.261 e. The van der Waals surface area contributed by atoms with Gasteiger partial charge in [0.25, 0.3) is 11.5 Å². The topological polar surface area (TPSA) is 107 Å². The predicted octanol–water partition coefficient (Wildman–Crippen LogP) is 2.09. The molecule has 132 valence electrons. The fourth-order valence-corrected chi connectivity index (χ4v) is 2.84. The van der Waals surface area contributed by atoms with Crippen LogP contribution in [0.4, 0.5) is 5.69 Å². The minimum absolute atomic E-state index is 0.208. The fraction of sp³-hybridized carbons (Fsp3) is 0.158. The Morgan fingerprint density at radius 1 is 1.15 bits per heavy atom. The zero-order valence-electron chi connectivity index (χ0n) is 14.2. The highest BCUT2D eigenvalue weighted by molar-refractivity contribution is 6.03. The van der Waals surface area contributed by atoms with Gasteiger partial charge in [0.05, 0.1) is 28.5 Å². The maximum Gasteiger partial charge on any atom is 0.261 e. The molecule has 1 aromatic heterocycles. The number of hydrogen-bond donors (Lipinski definition) is 2. The molecule has 7 nitrogen and oxygen atoms in total. The molecule has 0 aliphatic rings. The summed E-state index contributed by atoms with van der Waals surface area (Å²) < 4.78 is 1.31. The van der Waals surface area contributed by atoms with Gasteiger partial charge in [0.2, 0.25) is 5.91 Å². The Kier molecular flexibility index (Phi) is 4.79. The summed E-state index contributed by atoms with van der Waals surface area (Å²) in [5, 5.41) is 3.13. The van der Waals surface area contributed by atoms with E-state index in [4.69, 9.17) is 5.73 Å². The maximum absolute atomic E-state index is 12.8. The summed E-state index contributed by atoms with van der Waals surface area (Å²) in [5.74, 6) is -1.06. The van der Waals surface area contributed by atoms with Crippen molar-refractivity contribution in [3.63, 3.8) is 0 Å². The van der Waals surface area contributed by atoms with Gasteiger partial charge in [0.15, 0.2) is 0 Å². The monoisotopic (exact) mass is 350 g/mol. The summed E-state index contributed by atoms with van der Waals surface area (Å²) in [7, 11) is 0. The summed E-state index contributed by atoms with van der Waals surface area (Å²) in [5.41, 5.74) is 6.14. The van der Waals surface area contributed by atoms with Crippen LogP contribution in [0.2, 0.25) is 0 Å². The fourth-order valence-electron chi connectivity index (χ4n) is 2.84. The molecule has 3 aromatic rings. The standard InChI is InChI=1S/C19H18N4O3/c1-2-16(18(25)22-15-10-6-3-7-12(15)17(20)24)23-11-21-14-9-5-4-8-13(14)19(23)26/h3-11,16H,2H2,1H3,(H2,20,24)(H,22,25). The molecule has 1 unspecified atom stereocenters. The molecule has 1 heterocycles. The minimum Gasteiger partial charge on any atom is -0.366 e. The first-order valence-electron chi connectivity index (χ1n) is 8.18. The summed E-state index contributed by atoms with van der Waals surface area (Å²) >= 11 is 0. The third-order valence-electron chi connectivity index (χ3n) is 4.17. The number of fused-ring (bicyclic) bond motifs is 1. The van der Waals surface area contributed by atoms with Crippen molar-refractivity contribution >= 4 is 28.4 Å². The summed E-state index contributed by atoms with van der Waals surface area (Å²) in [6, 6.07) is 12.7. The lowest BCUT2D eigenvalue weighted by atomic mass is 10.1. The van der Waals surface area contributed by atoms with Gasteiger partial charge in [0, 0.05) is 0 Å². The molecule has 2 amide bonds. The van der Waals surface area contributed by atoms with E-state index in [1.165, 1.54) is 17.0 Å². The average molecular weight is 350 g/mol. The lowest BCUT2D eigenvalue weighted by Gasteiger charge is -2.18. The number of anilines is 1. The van der Waals surface area contributed by atoms with Crippen molar-refractivity contribution < 1.29 is 9.59 Å². The highest BCUT2D eigenvalue weighted by Gasteiger charge is 2.22. The van der Waals surface area contributed by atoms with Crippen LogP contribution in [-0.4, -0.2) is 21.4 Å². The number of hydrogen-bond acceptors (Lipinski definition) is 4. The van der Waals surface area contributed by atoms with Gasteiger partial charge in [-0.05, 0) is 30.7 Å². The highest BCUT2D eigenvalue weighted by Crippen LogP contribution is 2.18. The Labute approximate surface area is 149 Å². The van der Waals surface area contributed by atoms with Crippen molar-refractivity contribution in [1.82, 2.24) is 9.55 Å². The van der Waals surface area contributed by atoms with Crippen LogP contribution in [0.25, 0.3) is 10.9 Å². The molecular formula is C19H18N4O3. The van der Waals surface area contributed by atoms with Gasteiger partial charge in [-0.15, -0.1) is 0 Å². The second kappa shape index (κ2) is 7.18. The van der Waals surface area contributed by atoms with E-state index in [1.807, 2.05) is 0 Å². The van der Waals surface area contributed by atoms with Crippen LogP contribution in [0, 0.1) is 0 Å². The van der Waals surface area contributed by atoms with E-state index in [0.717, 1.165) is 0 Å². The molecule has 7 heteroatoms. The molecular weight excluding hydrogens is 332 g/mol. The SMILES string of the molecule is CCC(C(=O)Nc1ccccc1C(N)=O)n1cnc2ccccc2c1=O. The van der Waals surface area contributed by atoms with Crippen LogP contribution in [0.3, 0.4) is 0 Å². The molecule has 0 spiro atoms. The molecule has 3 rings (SSSR count). The van der Waals surface area contributed by atoms with Crippen molar-refractivity contribution in [3.8, 4) is 0 Å². The molecule has 3 N–H and O–H groups in total. The number of nitrogens with two attached hydrogens (primary N) is 1. The summed E-state index contributed by atoms with van der Waals surface area (Å²) in [4.78, 5) is 41.3. The quantitative estimate of drug-likeness (QED) is 0.734. The Balaban J connectivity index is 1.97. The number of nitrogens with one attached hydrogen (secondary N) is 1. The van der Waals surface area contributed by atoms with E-state index in [0.29, 0.717) is 23.0 Å². The number of primary amides is 1. The molecule has 0 fully saturated rings. The number of carbonyl (C=O) groups excluding carboxylic acids is 2. The van der Waals surface area contributed by atoms with Crippen molar-refractivity contribution in [2.75, 3.05) is 5.32 Å². The Bertz CT molecular complexity index is 1040. The first kappa shape index (κ1) is 17.3. The van der Waals surface area contributed by atoms with Crippen LogP contribution >= 0.6 is 0 Å². The molecule has 2 aromatic carbocycles. The number of benzene rings is 2. The second-order valence-electron chi connectivity index (χ2n) is 5.80. The third kappa shape index (κ3) is 3.19. The number of nitrogens with zero attached hydrogens (tertiary/aromatic N) is 2. The molecule has 26 heavy (non-hydrogen) atoms. The Morgan fingerprint density at radius 2 is 1.85 bits per heavy atom. The normalized spacial score (nSPS) is 11.9. The largest absolute Gasteiger partial charge is 0.366 e. The molecule has 0 bridgehead atoms. The van der Waals surface area contributed by atoms with Gasteiger partial charge in [0.1, 0.15) is 6.04 Å². The lowest BCUT2D eigenvalue weighted by molar-refractivity contribution is -0.119. The molecule has 0 radical (unpaired) electrons. The molecule has 0 saturated heterocycles. The first-order valence-corrected chi connectivity index (χ1v) is 8.18. The Hall–Kier alpha value is -3.48. The van der Waals surface area contributed by atoms with E-state index in [2.05, 4.69) is 10.3 Å². The van der Waals surface area contributed by atoms with Crippen LogP contribution in [0.1, 0.15) is 29.7 Å². The zero-order valence-corrected chi connectivity index (χ0v) is 14.2. The van der Waals surface area contributed by atoms with E-state index < -0.39 is 17.9 Å². The van der Waals surface area contributed by atoms with Gasteiger partial charge in [-0.1, -0.05) is 31.2 Å². The third-order valence-corrected chi connectivity index (χ3v) is 4.17. The number of amides is 2. The van der Waals surface area contributed by atoms with Gasteiger partial charge in [-0.2, -0.15) is 0 Å². The average Bonchev–Trinajstić information content (AvgIpc) is 2.64. The highest BCUT2D eigenvalue weighted by atomic mass is 16.2. The second-order valence-corrected chi connectivity index (χ2v) is 5.80. The molecule has 1 atom stereocenters. The molecule has 0 saturated carbocycles. The number of para-hydroxylation sites is 2. The molecule has 0 aliphatic heterocycles. The van der Waals surface area contributed by atoms with Crippen molar-refractivity contribution in [2.24, 2.45) is 5.73 Å². The predicted molar refractivity (Wildman–Crippen MR) is 98.9 cm³/mol. The molecule has 0 aliphatic carbocycles.